The summed E-state index contributed by atoms with van der Waals surface area (Å²) in [5, 5.41) is 8.97. The third kappa shape index (κ3) is 5.47. The van der Waals surface area contributed by atoms with Gasteiger partial charge in [0.15, 0.2) is 0 Å². The summed E-state index contributed by atoms with van der Waals surface area (Å²) in [6.07, 6.45) is 1.84. The SMILES string of the molecule is CC(C)CC(CN)C(=O)N1CCCN(CCO)CC1. The molecule has 1 atom stereocenters. The van der Waals surface area contributed by atoms with E-state index < -0.39 is 0 Å². The number of carbonyl (C=O) groups is 1. The summed E-state index contributed by atoms with van der Waals surface area (Å²) in [5.74, 6) is 0.668. The van der Waals surface area contributed by atoms with Crippen molar-refractivity contribution in [1.29, 1.82) is 0 Å². The maximum absolute atomic E-state index is 12.5. The molecule has 5 nitrogen and oxygen atoms in total. The first kappa shape index (κ1) is 16.4. The third-order valence-electron chi connectivity index (χ3n) is 3.71. The van der Waals surface area contributed by atoms with E-state index in [2.05, 4.69) is 18.7 Å². The summed E-state index contributed by atoms with van der Waals surface area (Å²) in [6, 6.07) is 0. The van der Waals surface area contributed by atoms with Gasteiger partial charge in [0.05, 0.1) is 12.5 Å². The maximum Gasteiger partial charge on any atom is 0.227 e. The van der Waals surface area contributed by atoms with Crippen LogP contribution < -0.4 is 5.73 Å². The minimum Gasteiger partial charge on any atom is -0.395 e. The van der Waals surface area contributed by atoms with Gasteiger partial charge < -0.3 is 15.7 Å². The number of nitrogens with two attached hydrogens (primary N) is 1. The van der Waals surface area contributed by atoms with E-state index in [1.165, 1.54) is 0 Å². The molecule has 0 aromatic rings. The van der Waals surface area contributed by atoms with Crippen molar-refractivity contribution in [2.75, 3.05) is 45.9 Å². The molecule has 1 rings (SSSR count). The summed E-state index contributed by atoms with van der Waals surface area (Å²) in [5.41, 5.74) is 5.75. The molecule has 19 heavy (non-hydrogen) atoms. The number of aliphatic hydroxyl groups excluding tert-OH is 1. The van der Waals surface area contributed by atoms with Gasteiger partial charge in [-0.2, -0.15) is 0 Å². The van der Waals surface area contributed by atoms with Crippen LogP contribution in [0.25, 0.3) is 0 Å². The molecule has 0 aliphatic carbocycles. The van der Waals surface area contributed by atoms with E-state index in [0.29, 0.717) is 19.0 Å². The molecule has 0 radical (unpaired) electrons. The van der Waals surface area contributed by atoms with Crippen molar-refractivity contribution >= 4 is 5.91 Å². The van der Waals surface area contributed by atoms with E-state index in [9.17, 15) is 4.79 Å². The van der Waals surface area contributed by atoms with Crippen LogP contribution in [0.15, 0.2) is 0 Å². The van der Waals surface area contributed by atoms with Crippen LogP contribution in [0.1, 0.15) is 26.7 Å². The molecule has 0 aromatic carbocycles. The summed E-state index contributed by atoms with van der Waals surface area (Å²) in [6.45, 7) is 8.97. The number of aliphatic hydroxyl groups is 1. The number of carbonyl (C=O) groups excluding carboxylic acids is 1. The second-order valence-corrected chi connectivity index (χ2v) is 5.81. The molecule has 1 aliphatic rings. The highest BCUT2D eigenvalue weighted by Gasteiger charge is 2.25. The molecule has 1 fully saturated rings. The van der Waals surface area contributed by atoms with Gasteiger partial charge in [0, 0.05) is 32.7 Å². The largest absolute Gasteiger partial charge is 0.395 e. The minimum absolute atomic E-state index is 0.0376. The van der Waals surface area contributed by atoms with Crippen molar-refractivity contribution < 1.29 is 9.90 Å². The number of nitrogens with zero attached hydrogens (tertiary/aromatic N) is 2. The zero-order valence-electron chi connectivity index (χ0n) is 12.3. The first-order valence-electron chi connectivity index (χ1n) is 7.40. The van der Waals surface area contributed by atoms with Gasteiger partial charge in [-0.15, -0.1) is 0 Å². The molecule has 1 aliphatic heterocycles. The van der Waals surface area contributed by atoms with Gasteiger partial charge in [-0.3, -0.25) is 9.69 Å². The third-order valence-corrected chi connectivity index (χ3v) is 3.71. The highest BCUT2D eigenvalue weighted by molar-refractivity contribution is 5.79. The quantitative estimate of drug-likeness (QED) is 0.721. The normalized spacial score (nSPS) is 19.5. The number of hydrogen-bond acceptors (Lipinski definition) is 4. The van der Waals surface area contributed by atoms with Gasteiger partial charge in [-0.25, -0.2) is 0 Å². The zero-order chi connectivity index (χ0) is 14.3. The molecule has 5 heteroatoms. The lowest BCUT2D eigenvalue weighted by atomic mass is 9.96. The van der Waals surface area contributed by atoms with E-state index in [1.54, 1.807) is 0 Å². The van der Waals surface area contributed by atoms with Gasteiger partial charge >= 0.3 is 0 Å². The molecule has 0 spiro atoms. The average Bonchev–Trinajstić information content (AvgIpc) is 2.61. The Morgan fingerprint density at radius 2 is 2.00 bits per heavy atom. The van der Waals surface area contributed by atoms with Gasteiger partial charge in [-0.05, 0) is 25.3 Å². The second-order valence-electron chi connectivity index (χ2n) is 5.81. The van der Waals surface area contributed by atoms with Crippen molar-refractivity contribution in [3.8, 4) is 0 Å². The number of rotatable bonds is 6. The van der Waals surface area contributed by atoms with Gasteiger partial charge in [-0.1, -0.05) is 13.8 Å². The lowest BCUT2D eigenvalue weighted by Crippen LogP contribution is -2.42. The Hall–Kier alpha value is -0.650. The van der Waals surface area contributed by atoms with Crippen molar-refractivity contribution in [3.05, 3.63) is 0 Å². The summed E-state index contributed by atoms with van der Waals surface area (Å²) >= 11 is 0. The van der Waals surface area contributed by atoms with Crippen LogP contribution in [-0.4, -0.2) is 66.7 Å². The van der Waals surface area contributed by atoms with Crippen LogP contribution in [-0.2, 0) is 4.79 Å². The Labute approximate surface area is 116 Å². The van der Waals surface area contributed by atoms with E-state index in [0.717, 1.165) is 39.0 Å². The molecular weight excluding hydrogens is 242 g/mol. The molecule has 0 aromatic heterocycles. The Kier molecular flexibility index (Phi) is 7.34. The predicted molar refractivity (Wildman–Crippen MR) is 76.7 cm³/mol. The van der Waals surface area contributed by atoms with E-state index in [4.69, 9.17) is 10.8 Å². The summed E-state index contributed by atoms with van der Waals surface area (Å²) in [7, 11) is 0. The monoisotopic (exact) mass is 271 g/mol. The van der Waals surface area contributed by atoms with Crippen molar-refractivity contribution in [2.45, 2.75) is 26.7 Å². The van der Waals surface area contributed by atoms with Crippen LogP contribution in [0.3, 0.4) is 0 Å². The fourth-order valence-electron chi connectivity index (χ4n) is 2.68. The molecule has 0 saturated carbocycles. The molecule has 3 N–H and O–H groups in total. The van der Waals surface area contributed by atoms with Crippen LogP contribution in [0.5, 0.6) is 0 Å². The molecule has 112 valence electrons. The number of β-amino-alcohol motifs (C(OH)–C–C–N with tert-alkyl or cyclic N) is 1. The van der Waals surface area contributed by atoms with E-state index in [-0.39, 0.29) is 18.4 Å². The maximum atomic E-state index is 12.5. The Bertz CT molecular complexity index is 271. The summed E-state index contributed by atoms with van der Waals surface area (Å²) < 4.78 is 0. The van der Waals surface area contributed by atoms with Crippen molar-refractivity contribution in [2.24, 2.45) is 17.6 Å². The molecule has 1 saturated heterocycles. The van der Waals surface area contributed by atoms with E-state index >= 15 is 0 Å². The first-order valence-corrected chi connectivity index (χ1v) is 7.40. The van der Waals surface area contributed by atoms with Crippen LogP contribution >= 0.6 is 0 Å². The predicted octanol–water partition coefficient (Wildman–Crippen LogP) is 0.134. The number of amides is 1. The lowest BCUT2D eigenvalue weighted by Gasteiger charge is -2.26. The highest BCUT2D eigenvalue weighted by Crippen LogP contribution is 2.15. The fourth-order valence-corrected chi connectivity index (χ4v) is 2.68. The fraction of sp³-hybridized carbons (Fsp3) is 0.929. The van der Waals surface area contributed by atoms with E-state index in [1.807, 2.05) is 4.90 Å². The van der Waals surface area contributed by atoms with Crippen molar-refractivity contribution in [3.63, 3.8) is 0 Å². The molecule has 1 unspecified atom stereocenters. The van der Waals surface area contributed by atoms with Crippen LogP contribution in [0, 0.1) is 11.8 Å². The average molecular weight is 271 g/mol. The number of hydrogen-bond donors (Lipinski definition) is 2. The topological polar surface area (TPSA) is 69.8 Å². The van der Waals surface area contributed by atoms with Gasteiger partial charge in [0.2, 0.25) is 5.91 Å². The van der Waals surface area contributed by atoms with Gasteiger partial charge in [0.25, 0.3) is 0 Å². The molecule has 1 amide bonds. The standard InChI is InChI=1S/C14H29N3O2/c1-12(2)10-13(11-15)14(19)17-5-3-4-16(6-7-17)8-9-18/h12-13,18H,3-11,15H2,1-2H3. The highest BCUT2D eigenvalue weighted by atomic mass is 16.3. The molecular formula is C14H29N3O2. The van der Waals surface area contributed by atoms with Crippen molar-refractivity contribution in [1.82, 2.24) is 9.80 Å². The van der Waals surface area contributed by atoms with Gasteiger partial charge in [0.1, 0.15) is 0 Å². The smallest absolute Gasteiger partial charge is 0.227 e. The Morgan fingerprint density at radius 3 is 2.58 bits per heavy atom. The summed E-state index contributed by atoms with van der Waals surface area (Å²) in [4.78, 5) is 16.6. The lowest BCUT2D eigenvalue weighted by molar-refractivity contribution is -0.135. The van der Waals surface area contributed by atoms with Crippen LogP contribution in [0.2, 0.25) is 0 Å². The molecule has 1 heterocycles. The Balaban J connectivity index is 2.51. The minimum atomic E-state index is -0.0376. The van der Waals surface area contributed by atoms with Crippen LogP contribution in [0.4, 0.5) is 0 Å². The Morgan fingerprint density at radius 1 is 1.26 bits per heavy atom. The second kappa shape index (κ2) is 8.51. The molecule has 0 bridgehead atoms. The first-order chi connectivity index (χ1) is 9.08. The zero-order valence-corrected chi connectivity index (χ0v) is 12.3.